The summed E-state index contributed by atoms with van der Waals surface area (Å²) in [5, 5.41) is 3.53. The Morgan fingerprint density at radius 1 is 1.21 bits per heavy atom. The van der Waals surface area contributed by atoms with Gasteiger partial charge >= 0.3 is 0 Å². The van der Waals surface area contributed by atoms with Crippen LogP contribution in [0.5, 0.6) is 0 Å². The summed E-state index contributed by atoms with van der Waals surface area (Å²) in [6.07, 6.45) is 3.77. The summed E-state index contributed by atoms with van der Waals surface area (Å²) in [6.45, 7) is 5.14. The highest BCUT2D eigenvalue weighted by Gasteiger charge is 2.17. The maximum atomic E-state index is 4.26. The second-order valence-electron chi connectivity index (χ2n) is 4.39. The Kier molecular flexibility index (Phi) is 5.13. The molecule has 0 bridgehead atoms. The monoisotopic (exact) mass is 382 g/mol. The van der Waals surface area contributed by atoms with Crippen LogP contribution in [-0.2, 0) is 0 Å². The van der Waals surface area contributed by atoms with E-state index in [0.717, 1.165) is 15.5 Å². The normalized spacial score (nSPS) is 12.4. The number of aromatic nitrogens is 1. The second-order valence-corrected chi connectivity index (χ2v) is 6.16. The molecule has 2 rings (SSSR count). The van der Waals surface area contributed by atoms with Crippen molar-refractivity contribution in [1.29, 1.82) is 0 Å². The summed E-state index contributed by atoms with van der Waals surface area (Å²) >= 11 is 7.14. The minimum atomic E-state index is 0.154. The lowest BCUT2D eigenvalue weighted by molar-refractivity contribution is 0.623. The summed E-state index contributed by atoms with van der Waals surface area (Å²) in [6, 6.07) is 8.48. The van der Waals surface area contributed by atoms with E-state index in [1.807, 2.05) is 18.5 Å². The van der Waals surface area contributed by atoms with Gasteiger partial charge < -0.3 is 5.32 Å². The third-order valence-electron chi connectivity index (χ3n) is 3.07. The molecule has 100 valence electrons. The predicted octanol–water partition coefficient (Wildman–Crippen LogP) is 4.61. The van der Waals surface area contributed by atoms with Crippen molar-refractivity contribution in [2.24, 2.45) is 0 Å². The quantitative estimate of drug-likeness (QED) is 0.833. The van der Waals surface area contributed by atoms with Crippen LogP contribution in [0, 0.1) is 6.92 Å². The SMILES string of the molecule is CCNC(c1cnccc1C)c1ccc(Br)cc1Br. The Bertz CT molecular complexity index is 570. The second kappa shape index (κ2) is 6.64. The van der Waals surface area contributed by atoms with Crippen LogP contribution in [0.3, 0.4) is 0 Å². The van der Waals surface area contributed by atoms with E-state index in [9.17, 15) is 0 Å². The molecule has 1 N–H and O–H groups in total. The van der Waals surface area contributed by atoms with Gasteiger partial charge in [0.05, 0.1) is 6.04 Å². The van der Waals surface area contributed by atoms with Crippen LogP contribution in [0.15, 0.2) is 45.6 Å². The molecule has 1 unspecified atom stereocenters. The van der Waals surface area contributed by atoms with E-state index >= 15 is 0 Å². The van der Waals surface area contributed by atoms with E-state index < -0.39 is 0 Å². The Morgan fingerprint density at radius 2 is 2.00 bits per heavy atom. The number of nitrogens with one attached hydrogen (secondary N) is 1. The molecule has 0 amide bonds. The highest BCUT2D eigenvalue weighted by atomic mass is 79.9. The van der Waals surface area contributed by atoms with E-state index in [1.54, 1.807) is 0 Å². The summed E-state index contributed by atoms with van der Waals surface area (Å²) < 4.78 is 2.16. The zero-order chi connectivity index (χ0) is 13.8. The molecule has 1 atom stereocenters. The van der Waals surface area contributed by atoms with Crippen LogP contribution in [0.4, 0.5) is 0 Å². The van der Waals surface area contributed by atoms with E-state index in [1.165, 1.54) is 16.7 Å². The van der Waals surface area contributed by atoms with Crippen molar-refractivity contribution in [3.8, 4) is 0 Å². The number of benzene rings is 1. The number of aryl methyl sites for hydroxylation is 1. The largest absolute Gasteiger partial charge is 0.306 e. The Labute approximate surface area is 130 Å². The van der Waals surface area contributed by atoms with E-state index in [0.29, 0.717) is 0 Å². The van der Waals surface area contributed by atoms with Crippen LogP contribution in [-0.4, -0.2) is 11.5 Å². The molecule has 4 heteroatoms. The maximum Gasteiger partial charge on any atom is 0.0605 e. The average Bonchev–Trinajstić information content (AvgIpc) is 2.38. The van der Waals surface area contributed by atoms with Gasteiger partial charge in [-0.25, -0.2) is 0 Å². The molecule has 0 aliphatic carbocycles. The van der Waals surface area contributed by atoms with Crippen molar-refractivity contribution in [1.82, 2.24) is 10.3 Å². The Balaban J connectivity index is 2.48. The maximum absolute atomic E-state index is 4.26. The van der Waals surface area contributed by atoms with Gasteiger partial charge in [0.15, 0.2) is 0 Å². The first kappa shape index (κ1) is 14.7. The minimum Gasteiger partial charge on any atom is -0.306 e. The molecule has 1 heterocycles. The molecule has 0 saturated carbocycles. The standard InChI is InChI=1S/C15H16Br2N2/c1-3-19-15(13-9-18-7-6-10(13)2)12-5-4-11(16)8-14(12)17/h4-9,15,19H,3H2,1-2H3. The van der Waals surface area contributed by atoms with Crippen LogP contribution in [0.25, 0.3) is 0 Å². The number of pyridine rings is 1. The lowest BCUT2D eigenvalue weighted by Gasteiger charge is -2.21. The fraction of sp³-hybridized carbons (Fsp3) is 0.267. The molecule has 0 spiro atoms. The highest BCUT2D eigenvalue weighted by Crippen LogP contribution is 2.31. The van der Waals surface area contributed by atoms with Gasteiger partial charge in [-0.2, -0.15) is 0 Å². The van der Waals surface area contributed by atoms with Crippen LogP contribution in [0.1, 0.15) is 29.7 Å². The fourth-order valence-corrected chi connectivity index (χ4v) is 3.38. The van der Waals surface area contributed by atoms with Crippen molar-refractivity contribution in [2.45, 2.75) is 19.9 Å². The molecule has 0 aliphatic heterocycles. The molecule has 19 heavy (non-hydrogen) atoms. The molecular formula is C15H16Br2N2. The smallest absolute Gasteiger partial charge is 0.0605 e. The van der Waals surface area contributed by atoms with Crippen LogP contribution >= 0.6 is 31.9 Å². The van der Waals surface area contributed by atoms with Gasteiger partial charge in [0, 0.05) is 21.3 Å². The number of rotatable bonds is 4. The Hall–Kier alpha value is -0.710. The topological polar surface area (TPSA) is 24.9 Å². The van der Waals surface area contributed by atoms with E-state index in [2.05, 4.69) is 74.2 Å². The van der Waals surface area contributed by atoms with Crippen molar-refractivity contribution in [3.63, 3.8) is 0 Å². The van der Waals surface area contributed by atoms with E-state index in [4.69, 9.17) is 0 Å². The lowest BCUT2D eigenvalue weighted by atomic mass is 9.97. The number of nitrogens with zero attached hydrogens (tertiary/aromatic N) is 1. The summed E-state index contributed by atoms with van der Waals surface area (Å²) in [4.78, 5) is 4.26. The predicted molar refractivity (Wildman–Crippen MR) is 86.3 cm³/mol. The third-order valence-corrected chi connectivity index (χ3v) is 4.25. The number of hydrogen-bond donors (Lipinski definition) is 1. The van der Waals surface area contributed by atoms with Gasteiger partial charge in [0.25, 0.3) is 0 Å². The molecule has 0 radical (unpaired) electrons. The van der Waals surface area contributed by atoms with Gasteiger partial charge in [-0.3, -0.25) is 4.98 Å². The van der Waals surface area contributed by atoms with Crippen molar-refractivity contribution in [3.05, 3.63) is 62.3 Å². The Morgan fingerprint density at radius 3 is 2.63 bits per heavy atom. The molecule has 2 aromatic rings. The van der Waals surface area contributed by atoms with Gasteiger partial charge in [-0.15, -0.1) is 0 Å². The molecule has 1 aromatic carbocycles. The average molecular weight is 384 g/mol. The molecular weight excluding hydrogens is 368 g/mol. The first-order valence-electron chi connectivity index (χ1n) is 6.22. The van der Waals surface area contributed by atoms with Crippen molar-refractivity contribution >= 4 is 31.9 Å². The first-order valence-corrected chi connectivity index (χ1v) is 7.81. The molecule has 1 aromatic heterocycles. The first-order chi connectivity index (χ1) is 9.13. The van der Waals surface area contributed by atoms with Crippen molar-refractivity contribution in [2.75, 3.05) is 6.54 Å². The van der Waals surface area contributed by atoms with Gasteiger partial charge in [0.1, 0.15) is 0 Å². The zero-order valence-corrected chi connectivity index (χ0v) is 14.1. The summed E-state index contributed by atoms with van der Waals surface area (Å²) in [5.41, 5.74) is 3.68. The van der Waals surface area contributed by atoms with Crippen molar-refractivity contribution < 1.29 is 0 Å². The summed E-state index contributed by atoms with van der Waals surface area (Å²) in [5.74, 6) is 0. The highest BCUT2D eigenvalue weighted by molar-refractivity contribution is 9.11. The summed E-state index contributed by atoms with van der Waals surface area (Å²) in [7, 11) is 0. The molecule has 0 saturated heterocycles. The van der Waals surface area contributed by atoms with E-state index in [-0.39, 0.29) is 6.04 Å². The zero-order valence-electron chi connectivity index (χ0n) is 11.0. The third kappa shape index (κ3) is 3.44. The van der Waals surface area contributed by atoms with Gasteiger partial charge in [-0.1, -0.05) is 44.8 Å². The van der Waals surface area contributed by atoms with Crippen LogP contribution < -0.4 is 5.32 Å². The van der Waals surface area contributed by atoms with Crippen LogP contribution in [0.2, 0.25) is 0 Å². The van der Waals surface area contributed by atoms with Gasteiger partial charge in [0.2, 0.25) is 0 Å². The number of hydrogen-bond acceptors (Lipinski definition) is 2. The molecule has 0 aliphatic rings. The number of halogens is 2. The molecule has 0 fully saturated rings. The fourth-order valence-electron chi connectivity index (χ4n) is 2.11. The lowest BCUT2D eigenvalue weighted by Crippen LogP contribution is -2.23. The molecule has 2 nitrogen and oxygen atoms in total. The minimum absolute atomic E-state index is 0.154. The van der Waals surface area contributed by atoms with Gasteiger partial charge in [-0.05, 0) is 48.4 Å².